The molecule has 1 aliphatic heterocycles. The summed E-state index contributed by atoms with van der Waals surface area (Å²) in [7, 11) is 0. The highest BCUT2D eigenvalue weighted by atomic mass is 16.5. The first-order chi connectivity index (χ1) is 7.33. The van der Waals surface area contributed by atoms with E-state index >= 15 is 0 Å². The SMILES string of the molecule is CC1(C)CC(n2cccc2)CC(C)(C)N1[OH2+]. The van der Waals surface area contributed by atoms with Crippen LogP contribution in [0.15, 0.2) is 24.5 Å². The second-order valence-corrected chi connectivity index (χ2v) is 6.15. The summed E-state index contributed by atoms with van der Waals surface area (Å²) in [5, 5.41) is 9.99. The van der Waals surface area contributed by atoms with E-state index in [0.717, 1.165) is 12.8 Å². The van der Waals surface area contributed by atoms with Gasteiger partial charge >= 0.3 is 0 Å². The number of hydrogen-bond donors (Lipinski definition) is 0. The van der Waals surface area contributed by atoms with E-state index in [1.54, 1.807) is 5.06 Å². The molecule has 2 rings (SSSR count). The quantitative estimate of drug-likeness (QED) is 0.672. The maximum atomic E-state index is 8.22. The molecule has 0 aromatic carbocycles. The number of rotatable bonds is 1. The topological polar surface area (TPSA) is 31.1 Å². The Morgan fingerprint density at radius 1 is 1.00 bits per heavy atom. The van der Waals surface area contributed by atoms with Gasteiger partial charge < -0.3 is 9.77 Å². The van der Waals surface area contributed by atoms with Crippen molar-refractivity contribution < 1.29 is 5.21 Å². The van der Waals surface area contributed by atoms with E-state index in [4.69, 9.17) is 5.21 Å². The van der Waals surface area contributed by atoms with Gasteiger partial charge in [-0.15, -0.1) is 0 Å². The average Bonchev–Trinajstić information content (AvgIpc) is 2.65. The van der Waals surface area contributed by atoms with Crippen molar-refractivity contribution in [3.63, 3.8) is 0 Å². The lowest BCUT2D eigenvalue weighted by molar-refractivity contribution is -0.249. The molecule has 0 atom stereocenters. The van der Waals surface area contributed by atoms with Crippen LogP contribution in [0.1, 0.15) is 46.6 Å². The molecule has 3 nitrogen and oxygen atoms in total. The molecular formula is C13H23N2O+. The Labute approximate surface area is 97.6 Å². The van der Waals surface area contributed by atoms with Gasteiger partial charge in [-0.2, -0.15) is 0 Å². The molecule has 2 heterocycles. The molecule has 0 spiro atoms. The summed E-state index contributed by atoms with van der Waals surface area (Å²) in [5.74, 6) is 0. The van der Waals surface area contributed by atoms with Crippen molar-refractivity contribution in [3.05, 3.63) is 24.5 Å². The normalized spacial score (nSPS) is 25.8. The number of hydrogen-bond acceptors (Lipinski definition) is 1. The van der Waals surface area contributed by atoms with Gasteiger partial charge in [0, 0.05) is 18.4 Å². The molecule has 0 radical (unpaired) electrons. The summed E-state index contributed by atoms with van der Waals surface area (Å²) in [6.45, 7) is 8.66. The molecule has 0 amide bonds. The lowest BCUT2D eigenvalue weighted by Gasteiger charge is -2.48. The predicted molar refractivity (Wildman–Crippen MR) is 66.3 cm³/mol. The summed E-state index contributed by atoms with van der Waals surface area (Å²) in [6, 6.07) is 4.67. The van der Waals surface area contributed by atoms with E-state index in [0.29, 0.717) is 6.04 Å². The van der Waals surface area contributed by atoms with Crippen LogP contribution in [0.3, 0.4) is 0 Å². The van der Waals surface area contributed by atoms with Crippen LogP contribution in [0.4, 0.5) is 0 Å². The zero-order valence-corrected chi connectivity index (χ0v) is 10.7. The summed E-state index contributed by atoms with van der Waals surface area (Å²) in [5.41, 5.74) is -0.118. The van der Waals surface area contributed by atoms with E-state index < -0.39 is 0 Å². The van der Waals surface area contributed by atoms with Crippen molar-refractivity contribution >= 4 is 0 Å². The van der Waals surface area contributed by atoms with Crippen molar-refractivity contribution in [2.24, 2.45) is 0 Å². The molecule has 0 aliphatic carbocycles. The molecule has 1 fully saturated rings. The third-order valence-electron chi connectivity index (χ3n) is 3.73. The van der Waals surface area contributed by atoms with Crippen LogP contribution in [0.5, 0.6) is 0 Å². The molecule has 0 bridgehead atoms. The van der Waals surface area contributed by atoms with Crippen LogP contribution in [0.25, 0.3) is 0 Å². The van der Waals surface area contributed by atoms with Crippen molar-refractivity contribution in [1.29, 1.82) is 0 Å². The van der Waals surface area contributed by atoms with Crippen molar-refractivity contribution in [2.45, 2.75) is 57.7 Å². The zero-order valence-electron chi connectivity index (χ0n) is 10.7. The van der Waals surface area contributed by atoms with Gasteiger partial charge in [-0.1, -0.05) is 5.06 Å². The van der Waals surface area contributed by atoms with Crippen LogP contribution in [0, 0.1) is 0 Å². The van der Waals surface area contributed by atoms with Gasteiger partial charge in [0.1, 0.15) is 0 Å². The van der Waals surface area contributed by atoms with Gasteiger partial charge in [0.15, 0.2) is 0 Å². The summed E-state index contributed by atoms with van der Waals surface area (Å²) in [6.07, 6.45) is 6.34. The number of nitrogens with zero attached hydrogens (tertiary/aromatic N) is 2. The summed E-state index contributed by atoms with van der Waals surface area (Å²) >= 11 is 0. The molecular weight excluding hydrogens is 200 g/mol. The second kappa shape index (κ2) is 3.60. The van der Waals surface area contributed by atoms with Crippen LogP contribution in [-0.2, 0) is 0 Å². The Hall–Kier alpha value is -0.800. The number of hydroxylamine groups is 2. The molecule has 1 aromatic heterocycles. The zero-order chi connectivity index (χ0) is 12.0. The molecule has 0 saturated carbocycles. The highest BCUT2D eigenvalue weighted by molar-refractivity contribution is 5.01. The first-order valence-electron chi connectivity index (χ1n) is 5.97. The fourth-order valence-electron chi connectivity index (χ4n) is 3.03. The van der Waals surface area contributed by atoms with E-state index in [-0.39, 0.29) is 11.1 Å². The maximum absolute atomic E-state index is 8.22. The lowest BCUT2D eigenvalue weighted by atomic mass is 9.79. The molecule has 90 valence electrons. The highest BCUT2D eigenvalue weighted by Crippen LogP contribution is 2.41. The monoisotopic (exact) mass is 223 g/mol. The molecule has 1 aliphatic rings. The molecule has 1 aromatic rings. The largest absolute Gasteiger partial charge is 0.351 e. The summed E-state index contributed by atoms with van der Waals surface area (Å²) in [4.78, 5) is 0. The Morgan fingerprint density at radius 2 is 1.44 bits per heavy atom. The van der Waals surface area contributed by atoms with E-state index in [9.17, 15) is 0 Å². The fourth-order valence-corrected chi connectivity index (χ4v) is 3.03. The Kier molecular flexibility index (Phi) is 2.63. The third-order valence-corrected chi connectivity index (χ3v) is 3.73. The van der Waals surface area contributed by atoms with Gasteiger partial charge in [-0.25, -0.2) is 0 Å². The van der Waals surface area contributed by atoms with Gasteiger partial charge in [0.25, 0.3) is 0 Å². The minimum Gasteiger partial charge on any atom is -0.351 e. The van der Waals surface area contributed by atoms with E-state index in [1.165, 1.54) is 0 Å². The fraction of sp³-hybridized carbons (Fsp3) is 0.692. The van der Waals surface area contributed by atoms with Crippen LogP contribution in [-0.4, -0.2) is 25.9 Å². The number of aromatic nitrogens is 1. The third kappa shape index (κ3) is 1.89. The molecule has 2 N–H and O–H groups in total. The standard InChI is InChI=1S/C13H22N2O/c1-12(2)9-11(14-7-5-6-8-14)10-13(3,4)15(12)16/h5-8,11,16H,9-10H2,1-4H3/p+1. The molecule has 1 saturated heterocycles. The molecule has 3 heteroatoms. The summed E-state index contributed by atoms with van der Waals surface area (Å²) < 4.78 is 2.29. The van der Waals surface area contributed by atoms with Gasteiger partial charge in [-0.05, 0) is 52.7 Å². The first-order valence-corrected chi connectivity index (χ1v) is 5.97. The van der Waals surface area contributed by atoms with Gasteiger partial charge in [-0.3, -0.25) is 0 Å². The minimum absolute atomic E-state index is 0.0588. The maximum Gasteiger partial charge on any atom is 0.0854 e. The van der Waals surface area contributed by atoms with Crippen LogP contribution < -0.4 is 0 Å². The van der Waals surface area contributed by atoms with Gasteiger partial charge in [0.2, 0.25) is 0 Å². The second-order valence-electron chi connectivity index (χ2n) is 6.15. The van der Waals surface area contributed by atoms with Crippen molar-refractivity contribution in [2.75, 3.05) is 0 Å². The highest BCUT2D eigenvalue weighted by Gasteiger charge is 2.48. The van der Waals surface area contributed by atoms with E-state index in [1.807, 2.05) is 0 Å². The Morgan fingerprint density at radius 3 is 1.88 bits per heavy atom. The molecule has 16 heavy (non-hydrogen) atoms. The van der Waals surface area contributed by atoms with E-state index in [2.05, 4.69) is 56.8 Å². The minimum atomic E-state index is -0.0588. The Balaban J connectivity index is 2.26. The van der Waals surface area contributed by atoms with Crippen LogP contribution >= 0.6 is 0 Å². The smallest absolute Gasteiger partial charge is 0.0854 e. The van der Waals surface area contributed by atoms with Crippen molar-refractivity contribution in [1.82, 2.24) is 9.63 Å². The lowest BCUT2D eigenvalue weighted by Crippen LogP contribution is -2.59. The number of piperidine rings is 1. The Bertz CT molecular complexity index is 336. The molecule has 0 unspecified atom stereocenters. The van der Waals surface area contributed by atoms with Crippen molar-refractivity contribution in [3.8, 4) is 0 Å². The first kappa shape index (κ1) is 11.7. The average molecular weight is 223 g/mol. The predicted octanol–water partition coefficient (Wildman–Crippen LogP) is 2.32. The van der Waals surface area contributed by atoms with Crippen LogP contribution in [0.2, 0.25) is 0 Å². The van der Waals surface area contributed by atoms with Gasteiger partial charge in [0.05, 0.1) is 11.1 Å².